The van der Waals surface area contributed by atoms with Crippen molar-refractivity contribution in [2.75, 3.05) is 13.6 Å². The molecule has 1 aromatic rings. The monoisotopic (exact) mass is 299 g/mol. The zero-order valence-electron chi connectivity index (χ0n) is 13.7. The Balaban J connectivity index is 1.80. The number of likely N-dealkylation sites (tertiary alicyclic amines) is 1. The van der Waals surface area contributed by atoms with Gasteiger partial charge in [0.05, 0.1) is 6.10 Å². The molecule has 1 saturated heterocycles. The highest BCUT2D eigenvalue weighted by Gasteiger charge is 2.66. The number of rotatable bonds is 0. The molecule has 1 N–H and O–H groups in total. The smallest absolute Gasteiger partial charge is 0.135 e. The standard InChI is InChI=1S/C19H25NO2/c1-10-4-5-12-9-14-13-8-11(2)16(21)18-19(13,6-7-20(14)3)15(12)17(10)22-18/h4-5,11,13-14,16,18,21H,6-9H2,1-3H3/t11-,13+,14-,16?,18+,19+/m1/s1. The lowest BCUT2D eigenvalue weighted by Crippen LogP contribution is -2.67. The van der Waals surface area contributed by atoms with Crippen molar-refractivity contribution in [3.05, 3.63) is 28.8 Å². The molecule has 2 bridgehead atoms. The Labute approximate surface area is 132 Å². The van der Waals surface area contributed by atoms with Crippen LogP contribution >= 0.6 is 0 Å². The molecular formula is C19H25NO2. The van der Waals surface area contributed by atoms with E-state index in [1.54, 1.807) is 0 Å². The van der Waals surface area contributed by atoms with Gasteiger partial charge in [0.2, 0.25) is 0 Å². The Morgan fingerprint density at radius 1 is 1.36 bits per heavy atom. The summed E-state index contributed by atoms with van der Waals surface area (Å²) in [5, 5.41) is 10.9. The van der Waals surface area contributed by atoms with E-state index in [2.05, 4.69) is 37.9 Å². The Hall–Kier alpha value is -1.06. The zero-order valence-corrected chi connectivity index (χ0v) is 13.7. The topological polar surface area (TPSA) is 32.7 Å². The number of likely N-dealkylation sites (N-methyl/N-ethyl adjacent to an activating group) is 1. The summed E-state index contributed by atoms with van der Waals surface area (Å²) in [5.41, 5.74) is 4.24. The second-order valence-corrected chi connectivity index (χ2v) is 8.14. The Kier molecular flexibility index (Phi) is 2.47. The van der Waals surface area contributed by atoms with Crippen LogP contribution in [-0.2, 0) is 11.8 Å². The van der Waals surface area contributed by atoms with Crippen LogP contribution in [0.1, 0.15) is 36.5 Å². The van der Waals surface area contributed by atoms with Crippen molar-refractivity contribution in [2.45, 2.75) is 56.8 Å². The fraction of sp³-hybridized carbons (Fsp3) is 0.684. The van der Waals surface area contributed by atoms with Gasteiger partial charge in [-0.25, -0.2) is 0 Å². The van der Waals surface area contributed by atoms with Crippen LogP contribution in [-0.4, -0.2) is 41.8 Å². The maximum absolute atomic E-state index is 10.9. The van der Waals surface area contributed by atoms with Crippen molar-refractivity contribution >= 4 is 0 Å². The Bertz CT molecular complexity index is 657. The number of benzene rings is 1. The second kappa shape index (κ2) is 4.07. The third-order valence-electron chi connectivity index (χ3n) is 7.18. The van der Waals surface area contributed by atoms with Crippen LogP contribution in [0.4, 0.5) is 0 Å². The lowest BCUT2D eigenvalue weighted by molar-refractivity contribution is -0.122. The zero-order chi connectivity index (χ0) is 15.2. The summed E-state index contributed by atoms with van der Waals surface area (Å²) in [6.45, 7) is 5.46. The minimum Gasteiger partial charge on any atom is -0.486 e. The van der Waals surface area contributed by atoms with Crippen molar-refractivity contribution in [1.82, 2.24) is 4.90 Å². The molecule has 0 amide bonds. The summed E-state index contributed by atoms with van der Waals surface area (Å²) in [4.78, 5) is 2.55. The number of hydrogen-bond donors (Lipinski definition) is 1. The largest absolute Gasteiger partial charge is 0.486 e. The molecule has 1 saturated carbocycles. The summed E-state index contributed by atoms with van der Waals surface area (Å²) in [5.74, 6) is 2.06. The first kappa shape index (κ1) is 13.4. The molecule has 0 aromatic heterocycles. The van der Waals surface area contributed by atoms with Gasteiger partial charge in [-0.3, -0.25) is 0 Å². The molecule has 2 heterocycles. The van der Waals surface area contributed by atoms with E-state index in [-0.39, 0.29) is 17.6 Å². The minimum atomic E-state index is -0.335. The number of nitrogens with zero attached hydrogens (tertiary/aromatic N) is 1. The number of ether oxygens (including phenoxy) is 1. The van der Waals surface area contributed by atoms with Crippen LogP contribution in [0, 0.1) is 18.8 Å². The van der Waals surface area contributed by atoms with Gasteiger partial charge in [-0.2, -0.15) is 0 Å². The number of aryl methyl sites for hydroxylation is 1. The van der Waals surface area contributed by atoms with E-state index in [0.29, 0.717) is 17.9 Å². The van der Waals surface area contributed by atoms with Gasteiger partial charge in [0.1, 0.15) is 11.9 Å². The van der Waals surface area contributed by atoms with Crippen molar-refractivity contribution in [2.24, 2.45) is 11.8 Å². The first-order chi connectivity index (χ1) is 10.5. The molecule has 118 valence electrons. The molecule has 1 aromatic carbocycles. The van der Waals surface area contributed by atoms with Gasteiger partial charge in [0.25, 0.3) is 0 Å². The van der Waals surface area contributed by atoms with Crippen LogP contribution in [0.2, 0.25) is 0 Å². The van der Waals surface area contributed by atoms with Crippen LogP contribution in [0.25, 0.3) is 0 Å². The maximum atomic E-state index is 10.9. The third kappa shape index (κ3) is 1.32. The lowest BCUT2D eigenvalue weighted by atomic mass is 9.50. The highest BCUT2D eigenvalue weighted by Crippen LogP contribution is 2.63. The number of hydrogen-bond acceptors (Lipinski definition) is 3. The first-order valence-electron chi connectivity index (χ1n) is 8.72. The highest BCUT2D eigenvalue weighted by molar-refractivity contribution is 5.58. The molecule has 1 spiro atoms. The second-order valence-electron chi connectivity index (χ2n) is 8.14. The van der Waals surface area contributed by atoms with Gasteiger partial charge in [0.15, 0.2) is 0 Å². The van der Waals surface area contributed by atoms with Gasteiger partial charge in [-0.05, 0) is 62.7 Å². The molecule has 22 heavy (non-hydrogen) atoms. The molecule has 5 rings (SSSR count). The molecule has 0 radical (unpaired) electrons. The van der Waals surface area contributed by atoms with Gasteiger partial charge in [0, 0.05) is 17.0 Å². The van der Waals surface area contributed by atoms with Crippen LogP contribution in [0.15, 0.2) is 12.1 Å². The SMILES string of the molecule is Cc1ccc2c3c1O[C@H]1C(O)[C@H](C)C[C@H]4[C@@H](C2)N(C)CC[C@]314. The summed E-state index contributed by atoms with van der Waals surface area (Å²) in [6, 6.07) is 5.12. The fourth-order valence-electron chi connectivity index (χ4n) is 6.06. The number of aliphatic hydroxyl groups excluding tert-OH is 1. The van der Waals surface area contributed by atoms with Crippen molar-refractivity contribution in [3.8, 4) is 5.75 Å². The van der Waals surface area contributed by atoms with Crippen LogP contribution in [0.5, 0.6) is 5.75 Å². The Morgan fingerprint density at radius 3 is 3.00 bits per heavy atom. The summed E-state index contributed by atoms with van der Waals surface area (Å²) < 4.78 is 6.46. The normalized spacial score (nSPS) is 45.4. The average Bonchev–Trinajstić information content (AvgIpc) is 2.84. The molecule has 4 aliphatic rings. The highest BCUT2D eigenvalue weighted by atomic mass is 16.5. The maximum Gasteiger partial charge on any atom is 0.135 e. The van der Waals surface area contributed by atoms with Gasteiger partial charge >= 0.3 is 0 Å². The molecule has 6 atom stereocenters. The quantitative estimate of drug-likeness (QED) is 0.798. The van der Waals surface area contributed by atoms with E-state index in [4.69, 9.17) is 4.74 Å². The van der Waals surface area contributed by atoms with E-state index >= 15 is 0 Å². The third-order valence-corrected chi connectivity index (χ3v) is 7.18. The van der Waals surface area contributed by atoms with Gasteiger partial charge < -0.3 is 14.7 Å². The van der Waals surface area contributed by atoms with E-state index in [9.17, 15) is 5.11 Å². The van der Waals surface area contributed by atoms with Gasteiger partial charge in [-0.15, -0.1) is 0 Å². The van der Waals surface area contributed by atoms with E-state index in [0.717, 1.165) is 31.6 Å². The predicted octanol–water partition coefficient (Wildman–Crippen LogP) is 2.27. The van der Waals surface area contributed by atoms with Crippen LogP contribution < -0.4 is 4.74 Å². The molecule has 3 heteroatoms. The van der Waals surface area contributed by atoms with E-state index < -0.39 is 0 Å². The number of piperidine rings is 1. The average molecular weight is 299 g/mol. The summed E-state index contributed by atoms with van der Waals surface area (Å²) >= 11 is 0. The molecule has 2 fully saturated rings. The lowest BCUT2D eigenvalue weighted by Gasteiger charge is -2.59. The molecule has 2 aliphatic carbocycles. The van der Waals surface area contributed by atoms with Crippen molar-refractivity contribution in [3.63, 3.8) is 0 Å². The van der Waals surface area contributed by atoms with E-state index in [1.807, 2.05) is 0 Å². The minimum absolute atomic E-state index is 0.0346. The van der Waals surface area contributed by atoms with Crippen LogP contribution in [0.3, 0.4) is 0 Å². The Morgan fingerprint density at radius 2 is 2.18 bits per heavy atom. The first-order valence-corrected chi connectivity index (χ1v) is 8.72. The van der Waals surface area contributed by atoms with Crippen molar-refractivity contribution in [1.29, 1.82) is 0 Å². The van der Waals surface area contributed by atoms with E-state index in [1.165, 1.54) is 16.7 Å². The van der Waals surface area contributed by atoms with Gasteiger partial charge in [-0.1, -0.05) is 19.1 Å². The predicted molar refractivity (Wildman–Crippen MR) is 85.3 cm³/mol. The fourth-order valence-corrected chi connectivity index (χ4v) is 6.06. The molecule has 1 unspecified atom stereocenters. The molecule has 2 aliphatic heterocycles. The molecular weight excluding hydrogens is 274 g/mol. The number of aliphatic hydroxyl groups is 1. The molecule has 3 nitrogen and oxygen atoms in total. The van der Waals surface area contributed by atoms with Crippen molar-refractivity contribution < 1.29 is 9.84 Å². The summed E-state index contributed by atoms with van der Waals surface area (Å²) in [6.07, 6.45) is 3.03. The summed E-state index contributed by atoms with van der Waals surface area (Å²) in [7, 11) is 2.28.